The smallest absolute Gasteiger partial charge is 0.343 e. The van der Waals surface area contributed by atoms with Gasteiger partial charge in [-0.15, -0.1) is 0 Å². The summed E-state index contributed by atoms with van der Waals surface area (Å²) in [6.45, 7) is 0. The highest BCUT2D eigenvalue weighted by molar-refractivity contribution is 5.86. The molecule has 2 atom stereocenters. The summed E-state index contributed by atoms with van der Waals surface area (Å²) >= 11 is 0. The Labute approximate surface area is 201 Å². The van der Waals surface area contributed by atoms with E-state index in [0.717, 1.165) is 29.2 Å². The zero-order valence-electron chi connectivity index (χ0n) is 19.4. The van der Waals surface area contributed by atoms with Crippen molar-refractivity contribution in [3.05, 3.63) is 114 Å². The van der Waals surface area contributed by atoms with E-state index in [2.05, 4.69) is 48.5 Å². The van der Waals surface area contributed by atoms with Crippen LogP contribution in [0.1, 0.15) is 48.5 Å². The van der Waals surface area contributed by atoms with Crippen LogP contribution in [0.4, 0.5) is 0 Å². The molecule has 34 heavy (non-hydrogen) atoms. The molecule has 0 aromatic heterocycles. The summed E-state index contributed by atoms with van der Waals surface area (Å²) in [4.78, 5) is 12.6. The molecular formula is C31H30O3. The highest BCUT2D eigenvalue weighted by Gasteiger charge is 2.47. The summed E-state index contributed by atoms with van der Waals surface area (Å²) in [5, 5.41) is 2.17. The van der Waals surface area contributed by atoms with E-state index in [-0.39, 0.29) is 12.1 Å². The number of carbonyl (C=O) groups excluding carboxylic acids is 1. The van der Waals surface area contributed by atoms with E-state index in [1.165, 1.54) is 36.8 Å². The third-order valence-electron chi connectivity index (χ3n) is 6.47. The van der Waals surface area contributed by atoms with Crippen molar-refractivity contribution in [2.75, 3.05) is 0 Å². The van der Waals surface area contributed by atoms with Crippen LogP contribution in [0, 0.1) is 0 Å². The van der Waals surface area contributed by atoms with Gasteiger partial charge in [-0.3, -0.25) is 0 Å². The lowest BCUT2D eigenvalue weighted by Crippen LogP contribution is -2.15. The Morgan fingerprint density at radius 1 is 0.676 bits per heavy atom. The van der Waals surface area contributed by atoms with Crippen molar-refractivity contribution in [3.8, 4) is 5.75 Å². The maximum absolute atomic E-state index is 12.6. The molecule has 0 amide bonds. The van der Waals surface area contributed by atoms with Crippen LogP contribution in [0.15, 0.2) is 97.1 Å². The molecule has 0 N–H and O–H groups in total. The van der Waals surface area contributed by atoms with Gasteiger partial charge in [-0.25, -0.2) is 4.79 Å². The molecule has 1 saturated heterocycles. The van der Waals surface area contributed by atoms with Crippen molar-refractivity contribution in [1.29, 1.82) is 0 Å². The number of hydrogen-bond donors (Lipinski definition) is 0. The Bertz CT molecular complexity index is 1250. The Balaban J connectivity index is 1.07. The lowest BCUT2D eigenvalue weighted by Gasteiger charge is -2.06. The van der Waals surface area contributed by atoms with Crippen LogP contribution in [0.5, 0.6) is 5.75 Å². The second kappa shape index (κ2) is 10.7. The molecule has 0 radical (unpaired) electrons. The van der Waals surface area contributed by atoms with Crippen LogP contribution in [-0.4, -0.2) is 12.1 Å². The summed E-state index contributed by atoms with van der Waals surface area (Å²) in [7, 11) is 0. The van der Waals surface area contributed by atoms with Crippen LogP contribution in [-0.2, 0) is 22.4 Å². The van der Waals surface area contributed by atoms with Crippen LogP contribution >= 0.6 is 0 Å². The molecule has 1 aliphatic rings. The maximum atomic E-state index is 12.6. The van der Waals surface area contributed by atoms with E-state index in [4.69, 9.17) is 9.47 Å². The molecule has 3 nitrogen and oxygen atoms in total. The quantitative estimate of drug-likeness (QED) is 0.111. The molecule has 5 rings (SSSR count). The zero-order valence-corrected chi connectivity index (χ0v) is 19.4. The fourth-order valence-electron chi connectivity index (χ4n) is 4.53. The van der Waals surface area contributed by atoms with Gasteiger partial charge in [0.1, 0.15) is 11.9 Å². The average molecular weight is 451 g/mol. The molecule has 0 unspecified atom stereocenters. The van der Waals surface area contributed by atoms with Gasteiger partial charge in [-0.05, 0) is 65.3 Å². The molecule has 0 aliphatic carbocycles. The largest absolute Gasteiger partial charge is 0.425 e. The first-order valence-corrected chi connectivity index (χ1v) is 12.2. The van der Waals surface area contributed by atoms with E-state index in [9.17, 15) is 4.79 Å². The van der Waals surface area contributed by atoms with Crippen molar-refractivity contribution in [2.45, 2.75) is 50.7 Å². The summed E-state index contributed by atoms with van der Waals surface area (Å²) in [6, 6.07) is 32.9. The van der Waals surface area contributed by atoms with Gasteiger partial charge in [0.25, 0.3) is 0 Å². The second-order valence-electron chi connectivity index (χ2n) is 9.05. The monoisotopic (exact) mass is 450 g/mol. The molecule has 1 heterocycles. The minimum absolute atomic E-state index is 0.209. The standard InChI is InChI=1S/C31H30O3/c32-31(33-28-20-19-25-16-8-9-17-26(25)22-28)30-29(34-30)27-18-10-15-24(21-27)14-5-2-1-4-11-23-12-6-3-7-13-23/h3,6-10,12-13,15-22,29-30H,1-2,4-5,11,14H2/t29-,30+/m0/s1. The lowest BCUT2D eigenvalue weighted by molar-refractivity contribution is -0.135. The zero-order chi connectivity index (χ0) is 23.2. The van der Waals surface area contributed by atoms with Gasteiger partial charge in [-0.2, -0.15) is 0 Å². The van der Waals surface area contributed by atoms with Crippen molar-refractivity contribution in [3.63, 3.8) is 0 Å². The fraction of sp³-hybridized carbons (Fsp3) is 0.258. The number of ether oxygens (including phenoxy) is 2. The van der Waals surface area contributed by atoms with E-state index >= 15 is 0 Å². The molecule has 0 bridgehead atoms. The number of aryl methyl sites for hydroxylation is 2. The minimum atomic E-state index is -0.528. The Kier molecular flexibility index (Phi) is 7.02. The summed E-state index contributed by atoms with van der Waals surface area (Å²) < 4.78 is 11.3. The van der Waals surface area contributed by atoms with E-state index in [1.807, 2.05) is 48.5 Å². The van der Waals surface area contributed by atoms with Gasteiger partial charge < -0.3 is 9.47 Å². The van der Waals surface area contributed by atoms with E-state index in [1.54, 1.807) is 0 Å². The van der Waals surface area contributed by atoms with Crippen LogP contribution in [0.25, 0.3) is 10.8 Å². The minimum Gasteiger partial charge on any atom is -0.425 e. The molecule has 0 spiro atoms. The molecule has 0 saturated carbocycles. The number of benzene rings is 4. The van der Waals surface area contributed by atoms with Gasteiger partial charge in [0.05, 0.1) is 0 Å². The average Bonchev–Trinajstić information content (AvgIpc) is 3.68. The van der Waals surface area contributed by atoms with Crippen molar-refractivity contribution in [2.24, 2.45) is 0 Å². The molecular weight excluding hydrogens is 420 g/mol. The first kappa shape index (κ1) is 22.4. The number of hydrogen-bond acceptors (Lipinski definition) is 3. The predicted octanol–water partition coefficient (Wildman–Crippen LogP) is 7.23. The highest BCUT2D eigenvalue weighted by atomic mass is 16.6. The normalized spacial score (nSPS) is 16.9. The van der Waals surface area contributed by atoms with Crippen LogP contribution in [0.2, 0.25) is 0 Å². The number of epoxide rings is 1. The Morgan fingerprint density at radius 2 is 1.38 bits per heavy atom. The summed E-state index contributed by atoms with van der Waals surface area (Å²) in [5.74, 6) is 0.225. The lowest BCUT2D eigenvalue weighted by atomic mass is 10.0. The number of esters is 1. The number of carbonyl (C=O) groups is 1. The first-order valence-electron chi connectivity index (χ1n) is 12.2. The van der Waals surface area contributed by atoms with Gasteiger partial charge >= 0.3 is 5.97 Å². The van der Waals surface area contributed by atoms with E-state index < -0.39 is 6.10 Å². The van der Waals surface area contributed by atoms with Gasteiger partial charge in [0.15, 0.2) is 6.10 Å². The Hall–Kier alpha value is -3.43. The first-order chi connectivity index (χ1) is 16.8. The van der Waals surface area contributed by atoms with Gasteiger partial charge in [0.2, 0.25) is 0 Å². The summed E-state index contributed by atoms with van der Waals surface area (Å²) in [5.41, 5.74) is 3.79. The highest BCUT2D eigenvalue weighted by Crippen LogP contribution is 2.40. The van der Waals surface area contributed by atoms with Crippen molar-refractivity contribution < 1.29 is 14.3 Å². The summed E-state index contributed by atoms with van der Waals surface area (Å²) in [6.07, 6.45) is 6.38. The molecule has 4 aromatic rings. The molecule has 1 aliphatic heterocycles. The van der Waals surface area contributed by atoms with Gasteiger partial charge in [0, 0.05) is 0 Å². The molecule has 3 heteroatoms. The molecule has 172 valence electrons. The Morgan fingerprint density at radius 3 is 2.21 bits per heavy atom. The SMILES string of the molecule is O=C(Oc1ccc2ccccc2c1)[C@@H]1O[C@H]1c1cccc(CCCCCCc2ccccc2)c1. The topological polar surface area (TPSA) is 38.8 Å². The third kappa shape index (κ3) is 5.73. The molecule has 1 fully saturated rings. The van der Waals surface area contributed by atoms with Gasteiger partial charge in [-0.1, -0.05) is 97.8 Å². The number of fused-ring (bicyclic) bond motifs is 1. The van der Waals surface area contributed by atoms with Crippen molar-refractivity contribution >= 4 is 16.7 Å². The van der Waals surface area contributed by atoms with Crippen LogP contribution < -0.4 is 4.74 Å². The van der Waals surface area contributed by atoms with Crippen LogP contribution in [0.3, 0.4) is 0 Å². The second-order valence-corrected chi connectivity index (χ2v) is 9.05. The number of rotatable bonds is 10. The predicted molar refractivity (Wildman–Crippen MR) is 136 cm³/mol. The molecule has 4 aromatic carbocycles. The maximum Gasteiger partial charge on any atom is 0.343 e. The third-order valence-corrected chi connectivity index (χ3v) is 6.47. The fourth-order valence-corrected chi connectivity index (χ4v) is 4.53. The van der Waals surface area contributed by atoms with E-state index in [0.29, 0.717) is 5.75 Å². The number of unbranched alkanes of at least 4 members (excludes halogenated alkanes) is 3. The van der Waals surface area contributed by atoms with Crippen molar-refractivity contribution in [1.82, 2.24) is 0 Å².